The van der Waals surface area contributed by atoms with Gasteiger partial charge in [0.1, 0.15) is 5.75 Å². The Balaban J connectivity index is 1.29. The summed E-state index contributed by atoms with van der Waals surface area (Å²) in [6.45, 7) is 8.97. The molecule has 0 bridgehead atoms. The zero-order chi connectivity index (χ0) is 29.7. The summed E-state index contributed by atoms with van der Waals surface area (Å²) in [4.78, 5) is 14.3. The Labute approximate surface area is 251 Å². The summed E-state index contributed by atoms with van der Waals surface area (Å²) < 4.78 is 14.2. The largest absolute Gasteiger partial charge is 0.497 e. The molecule has 4 atom stereocenters. The Morgan fingerprint density at radius 3 is 2.48 bits per heavy atom. The number of carbonyl (C=O) groups excluding carboxylic acids is 1. The van der Waals surface area contributed by atoms with E-state index in [2.05, 4.69) is 78.9 Å². The summed E-state index contributed by atoms with van der Waals surface area (Å²) in [7, 11) is -0.223. The standard InChI is InChI=1S/C33H46N4O4Si/c1-24-30(17-10-25-8-11-27(12-9-25)37-20-6-5-7-32(37)39)41-31(18-21-36-23-26(19-22-38)34-35-36)33(24)42(3,4)29-15-13-28(40-2)14-16-29/h8-9,11-16,23-24,30-31,33,38H,5-7,10,17-22H2,1-4H3/t24-,30+,31-,33+/m0/s1. The number of aliphatic hydroxyl groups is 1. The van der Waals surface area contributed by atoms with Gasteiger partial charge in [-0.05, 0) is 73.4 Å². The number of aromatic nitrogens is 3. The van der Waals surface area contributed by atoms with Gasteiger partial charge in [-0.1, -0.05) is 54.7 Å². The molecule has 3 heterocycles. The van der Waals surface area contributed by atoms with Crippen LogP contribution in [0.1, 0.15) is 50.3 Å². The molecule has 1 N–H and O–H groups in total. The highest BCUT2D eigenvalue weighted by atomic mass is 28.3. The number of hydrogen-bond donors (Lipinski definition) is 1. The third-order valence-corrected chi connectivity index (χ3v) is 13.8. The Morgan fingerprint density at radius 2 is 1.79 bits per heavy atom. The smallest absolute Gasteiger partial charge is 0.226 e. The molecule has 8 nitrogen and oxygen atoms in total. The van der Waals surface area contributed by atoms with Gasteiger partial charge in [-0.25, -0.2) is 0 Å². The van der Waals surface area contributed by atoms with Crippen molar-refractivity contribution in [3.05, 3.63) is 66.0 Å². The predicted octanol–water partition coefficient (Wildman–Crippen LogP) is 4.75. The number of carbonyl (C=O) groups is 1. The molecule has 9 heteroatoms. The second-order valence-corrected chi connectivity index (χ2v) is 17.2. The van der Waals surface area contributed by atoms with Crippen LogP contribution < -0.4 is 14.8 Å². The van der Waals surface area contributed by atoms with Crippen molar-refractivity contribution in [2.24, 2.45) is 5.92 Å². The maximum Gasteiger partial charge on any atom is 0.226 e. The molecule has 0 saturated carbocycles. The number of hydrogen-bond acceptors (Lipinski definition) is 6. The van der Waals surface area contributed by atoms with Crippen molar-refractivity contribution in [2.75, 3.05) is 25.2 Å². The minimum absolute atomic E-state index is 0.0758. The van der Waals surface area contributed by atoms with E-state index in [0.29, 0.717) is 24.3 Å². The molecule has 0 aliphatic carbocycles. The normalized spacial score (nSPS) is 23.0. The lowest BCUT2D eigenvalue weighted by Gasteiger charge is -2.36. The van der Waals surface area contributed by atoms with Gasteiger partial charge in [0.15, 0.2) is 0 Å². The summed E-state index contributed by atoms with van der Waals surface area (Å²) in [6.07, 6.45) is 8.27. The molecule has 2 aliphatic heterocycles. The van der Waals surface area contributed by atoms with E-state index in [1.807, 2.05) is 15.8 Å². The summed E-state index contributed by atoms with van der Waals surface area (Å²) in [5.74, 6) is 1.54. The number of piperidine rings is 1. The average molecular weight is 591 g/mol. The first-order chi connectivity index (χ1) is 20.3. The number of rotatable bonds is 12. The van der Waals surface area contributed by atoms with Gasteiger partial charge in [-0.2, -0.15) is 0 Å². The van der Waals surface area contributed by atoms with E-state index < -0.39 is 8.07 Å². The lowest BCUT2D eigenvalue weighted by molar-refractivity contribution is -0.119. The molecular formula is C33H46N4O4Si. The molecule has 5 rings (SSSR count). The number of aryl methyl sites for hydroxylation is 2. The second kappa shape index (κ2) is 13.5. The first-order valence-electron chi connectivity index (χ1n) is 15.5. The van der Waals surface area contributed by atoms with Gasteiger partial charge in [-0.15, -0.1) is 5.10 Å². The van der Waals surface area contributed by atoms with E-state index >= 15 is 0 Å². The second-order valence-electron chi connectivity index (χ2n) is 12.5. The van der Waals surface area contributed by atoms with Crippen LogP contribution in [-0.2, 0) is 28.9 Å². The molecule has 226 valence electrons. The van der Waals surface area contributed by atoms with Crippen LogP contribution in [0.3, 0.4) is 0 Å². The maximum atomic E-state index is 12.4. The van der Waals surface area contributed by atoms with Crippen LogP contribution >= 0.6 is 0 Å². The third-order valence-electron chi connectivity index (χ3n) is 9.46. The zero-order valence-corrected chi connectivity index (χ0v) is 26.5. The fourth-order valence-electron chi connectivity index (χ4n) is 7.08. The monoisotopic (exact) mass is 590 g/mol. The molecule has 42 heavy (non-hydrogen) atoms. The molecular weight excluding hydrogens is 544 g/mol. The van der Waals surface area contributed by atoms with Gasteiger partial charge in [0.25, 0.3) is 0 Å². The number of nitrogens with zero attached hydrogens (tertiary/aromatic N) is 4. The SMILES string of the molecule is COc1ccc([Si](C)(C)[C@@H]2[C@@H](C)[C@@H](CCc3ccc(N4CCCCC4=O)cc3)O[C@H]2CCn2cc(CCO)nn2)cc1. The van der Waals surface area contributed by atoms with Crippen LogP contribution in [0.25, 0.3) is 0 Å². The van der Waals surface area contributed by atoms with E-state index in [4.69, 9.17) is 9.47 Å². The Hall–Kier alpha value is -3.01. The van der Waals surface area contributed by atoms with Crippen molar-refractivity contribution in [3.63, 3.8) is 0 Å². The Kier molecular flexibility index (Phi) is 9.80. The quantitative estimate of drug-likeness (QED) is 0.306. The maximum absolute atomic E-state index is 12.4. The topological polar surface area (TPSA) is 89.7 Å². The van der Waals surface area contributed by atoms with Crippen LogP contribution in [0.4, 0.5) is 5.69 Å². The van der Waals surface area contributed by atoms with Crippen LogP contribution in [-0.4, -0.2) is 66.6 Å². The van der Waals surface area contributed by atoms with Gasteiger partial charge >= 0.3 is 0 Å². The lowest BCUT2D eigenvalue weighted by atomic mass is 9.95. The molecule has 2 saturated heterocycles. The van der Waals surface area contributed by atoms with E-state index in [1.165, 1.54) is 10.8 Å². The molecule has 3 aromatic rings. The zero-order valence-electron chi connectivity index (χ0n) is 25.5. The number of aliphatic hydroxyl groups excluding tert-OH is 1. The van der Waals surface area contributed by atoms with Crippen LogP contribution in [0.15, 0.2) is 54.7 Å². The van der Waals surface area contributed by atoms with E-state index in [1.54, 1.807) is 7.11 Å². The summed E-state index contributed by atoms with van der Waals surface area (Å²) in [5.41, 5.74) is 3.56. The molecule has 0 radical (unpaired) electrons. The lowest BCUT2D eigenvalue weighted by Crippen LogP contribution is -2.50. The highest BCUT2D eigenvalue weighted by Crippen LogP contribution is 2.46. The van der Waals surface area contributed by atoms with Crippen molar-refractivity contribution in [1.29, 1.82) is 0 Å². The Morgan fingerprint density at radius 1 is 1.02 bits per heavy atom. The molecule has 1 aromatic heterocycles. The van der Waals surface area contributed by atoms with E-state index in [9.17, 15) is 9.90 Å². The van der Waals surface area contributed by atoms with Crippen molar-refractivity contribution < 1.29 is 19.4 Å². The molecule has 1 amide bonds. The van der Waals surface area contributed by atoms with Crippen molar-refractivity contribution in [1.82, 2.24) is 15.0 Å². The highest BCUT2D eigenvalue weighted by molar-refractivity contribution is 6.91. The van der Waals surface area contributed by atoms with Gasteiger partial charge < -0.3 is 19.5 Å². The minimum Gasteiger partial charge on any atom is -0.497 e. The average Bonchev–Trinajstić information content (AvgIpc) is 3.59. The Bertz CT molecular complexity index is 1310. The van der Waals surface area contributed by atoms with Gasteiger partial charge in [0, 0.05) is 44.4 Å². The van der Waals surface area contributed by atoms with Crippen molar-refractivity contribution in [3.8, 4) is 5.75 Å². The molecule has 2 aliphatic rings. The first-order valence-corrected chi connectivity index (χ1v) is 18.6. The number of ether oxygens (including phenoxy) is 2. The highest BCUT2D eigenvalue weighted by Gasteiger charge is 2.50. The molecule has 2 fully saturated rings. The van der Waals surface area contributed by atoms with Gasteiger partial charge in [-0.3, -0.25) is 9.48 Å². The van der Waals surface area contributed by atoms with Crippen molar-refractivity contribution in [2.45, 2.75) is 89.3 Å². The van der Waals surface area contributed by atoms with Crippen LogP contribution in [0.2, 0.25) is 18.6 Å². The number of methoxy groups -OCH3 is 1. The van der Waals surface area contributed by atoms with Gasteiger partial charge in [0.05, 0.1) is 33.1 Å². The van der Waals surface area contributed by atoms with Gasteiger partial charge in [0.2, 0.25) is 5.91 Å². The van der Waals surface area contributed by atoms with Crippen molar-refractivity contribution >= 4 is 24.9 Å². The summed E-state index contributed by atoms with van der Waals surface area (Å²) in [5, 5.41) is 19.2. The fraction of sp³-hybridized carbons (Fsp3) is 0.545. The minimum atomic E-state index is -1.93. The fourth-order valence-corrected chi connectivity index (χ4v) is 11.2. The van der Waals surface area contributed by atoms with E-state index in [0.717, 1.165) is 62.3 Å². The summed E-state index contributed by atoms with van der Waals surface area (Å²) in [6, 6.07) is 17.2. The van der Waals surface area contributed by atoms with E-state index in [-0.39, 0.29) is 24.7 Å². The number of amides is 1. The third kappa shape index (κ3) is 6.79. The molecule has 0 unspecified atom stereocenters. The number of anilines is 1. The number of benzene rings is 2. The van der Waals surface area contributed by atoms with Crippen LogP contribution in [0, 0.1) is 5.92 Å². The molecule has 2 aromatic carbocycles. The molecule has 0 spiro atoms. The predicted molar refractivity (Wildman–Crippen MR) is 168 cm³/mol. The van der Waals surface area contributed by atoms with Crippen LogP contribution in [0.5, 0.6) is 5.75 Å². The summed E-state index contributed by atoms with van der Waals surface area (Å²) >= 11 is 0. The first kappa shape index (κ1) is 30.4.